The zero-order valence-electron chi connectivity index (χ0n) is 13.4. The Kier molecular flexibility index (Phi) is 5.39. The number of methoxy groups -OCH3 is 1. The average Bonchev–Trinajstić information content (AvgIpc) is 2.90. The van der Waals surface area contributed by atoms with E-state index in [9.17, 15) is 0 Å². The van der Waals surface area contributed by atoms with Gasteiger partial charge in [-0.3, -0.25) is 0 Å². The number of aromatic nitrogens is 2. The number of hydrogen-bond donors (Lipinski definition) is 1. The molecule has 0 radical (unpaired) electrons. The number of nitrogens with one attached hydrogen (secondary N) is 1. The van der Waals surface area contributed by atoms with E-state index in [1.54, 1.807) is 7.11 Å². The van der Waals surface area contributed by atoms with Crippen LogP contribution in [0.5, 0.6) is 5.75 Å². The highest BCUT2D eigenvalue weighted by Gasteiger charge is 2.17. The van der Waals surface area contributed by atoms with Crippen LogP contribution in [0.25, 0.3) is 0 Å². The molecule has 2 rings (SSSR count). The van der Waals surface area contributed by atoms with Crippen LogP contribution in [0, 0.1) is 6.92 Å². The van der Waals surface area contributed by atoms with E-state index in [0.29, 0.717) is 0 Å². The molecule has 1 N–H and O–H groups in total. The topological polar surface area (TPSA) is 39.1 Å². The SMILES string of the molecule is CCCNC(Cc1cc(C)ccc1OC)c1cncn1C. The molecule has 4 heteroatoms. The molecule has 1 aromatic carbocycles. The fourth-order valence-electron chi connectivity index (χ4n) is 2.59. The smallest absolute Gasteiger partial charge is 0.122 e. The van der Waals surface area contributed by atoms with E-state index in [1.165, 1.54) is 16.8 Å². The highest BCUT2D eigenvalue weighted by molar-refractivity contribution is 5.38. The van der Waals surface area contributed by atoms with Gasteiger partial charge in [0, 0.05) is 13.2 Å². The van der Waals surface area contributed by atoms with Crippen LogP contribution in [0.15, 0.2) is 30.7 Å². The van der Waals surface area contributed by atoms with Crippen molar-refractivity contribution in [1.29, 1.82) is 0 Å². The maximum Gasteiger partial charge on any atom is 0.122 e. The summed E-state index contributed by atoms with van der Waals surface area (Å²) in [7, 11) is 3.77. The number of hydrogen-bond acceptors (Lipinski definition) is 3. The van der Waals surface area contributed by atoms with E-state index in [-0.39, 0.29) is 6.04 Å². The molecule has 1 aromatic heterocycles. The summed E-state index contributed by atoms with van der Waals surface area (Å²) in [5.74, 6) is 0.950. The first-order chi connectivity index (χ1) is 10.2. The molecule has 0 aliphatic heterocycles. The Bertz CT molecular complexity index is 577. The summed E-state index contributed by atoms with van der Waals surface area (Å²) in [6, 6.07) is 6.58. The van der Waals surface area contributed by atoms with Crippen LogP contribution in [-0.4, -0.2) is 23.2 Å². The van der Waals surface area contributed by atoms with Crippen LogP contribution in [0.3, 0.4) is 0 Å². The molecule has 1 heterocycles. The maximum atomic E-state index is 5.50. The summed E-state index contributed by atoms with van der Waals surface area (Å²) >= 11 is 0. The van der Waals surface area contributed by atoms with Crippen molar-refractivity contribution in [2.75, 3.05) is 13.7 Å². The molecular formula is C17H25N3O. The fraction of sp³-hybridized carbons (Fsp3) is 0.471. The van der Waals surface area contributed by atoms with E-state index in [4.69, 9.17) is 4.74 Å². The average molecular weight is 287 g/mol. The summed E-state index contributed by atoms with van der Waals surface area (Å²) in [6.07, 6.45) is 5.79. The standard InChI is InChI=1S/C17H25N3O/c1-5-8-19-15(16-11-18-12-20(16)3)10-14-9-13(2)6-7-17(14)21-4/h6-7,9,11-12,15,19H,5,8,10H2,1-4H3. The molecule has 1 atom stereocenters. The first kappa shape index (κ1) is 15.6. The van der Waals surface area contributed by atoms with Crippen LogP contribution in [0.4, 0.5) is 0 Å². The van der Waals surface area contributed by atoms with Gasteiger partial charge in [0.25, 0.3) is 0 Å². The van der Waals surface area contributed by atoms with Crippen molar-refractivity contribution in [1.82, 2.24) is 14.9 Å². The van der Waals surface area contributed by atoms with Gasteiger partial charge in [0.1, 0.15) is 5.75 Å². The Labute approximate surface area is 127 Å². The molecule has 114 valence electrons. The summed E-state index contributed by atoms with van der Waals surface area (Å²) < 4.78 is 7.58. The minimum atomic E-state index is 0.244. The van der Waals surface area contributed by atoms with Crippen molar-refractivity contribution in [3.63, 3.8) is 0 Å². The van der Waals surface area contributed by atoms with E-state index in [0.717, 1.165) is 25.1 Å². The Morgan fingerprint density at radius 1 is 1.38 bits per heavy atom. The Morgan fingerprint density at radius 3 is 2.81 bits per heavy atom. The lowest BCUT2D eigenvalue weighted by molar-refractivity contribution is 0.404. The Balaban J connectivity index is 2.26. The van der Waals surface area contributed by atoms with E-state index < -0.39 is 0 Å². The van der Waals surface area contributed by atoms with E-state index in [2.05, 4.69) is 40.8 Å². The zero-order chi connectivity index (χ0) is 15.2. The number of aryl methyl sites for hydroxylation is 2. The third-order valence-corrected chi connectivity index (χ3v) is 3.71. The van der Waals surface area contributed by atoms with Gasteiger partial charge in [-0.25, -0.2) is 4.98 Å². The molecule has 0 spiro atoms. The van der Waals surface area contributed by atoms with Gasteiger partial charge in [0.2, 0.25) is 0 Å². The van der Waals surface area contributed by atoms with Gasteiger partial charge in [-0.1, -0.05) is 24.6 Å². The highest BCUT2D eigenvalue weighted by Crippen LogP contribution is 2.26. The number of nitrogens with zero attached hydrogens (tertiary/aromatic N) is 2. The normalized spacial score (nSPS) is 12.4. The number of benzene rings is 1. The third-order valence-electron chi connectivity index (χ3n) is 3.71. The maximum absolute atomic E-state index is 5.50. The first-order valence-corrected chi connectivity index (χ1v) is 7.48. The second-order valence-corrected chi connectivity index (χ2v) is 5.46. The van der Waals surface area contributed by atoms with Crippen molar-refractivity contribution in [3.05, 3.63) is 47.5 Å². The molecule has 0 aliphatic carbocycles. The lowest BCUT2D eigenvalue weighted by atomic mass is 10.0. The zero-order valence-corrected chi connectivity index (χ0v) is 13.4. The molecule has 0 aliphatic rings. The molecule has 1 unspecified atom stereocenters. The molecule has 4 nitrogen and oxygen atoms in total. The first-order valence-electron chi connectivity index (χ1n) is 7.48. The van der Waals surface area contributed by atoms with Crippen molar-refractivity contribution in [3.8, 4) is 5.75 Å². The second kappa shape index (κ2) is 7.27. The van der Waals surface area contributed by atoms with Gasteiger partial charge in [0.05, 0.1) is 25.2 Å². The highest BCUT2D eigenvalue weighted by atomic mass is 16.5. The van der Waals surface area contributed by atoms with Gasteiger partial charge >= 0.3 is 0 Å². The Morgan fingerprint density at radius 2 is 2.19 bits per heavy atom. The van der Waals surface area contributed by atoms with Crippen molar-refractivity contribution in [2.45, 2.75) is 32.7 Å². The molecular weight excluding hydrogens is 262 g/mol. The minimum absolute atomic E-state index is 0.244. The number of rotatable bonds is 7. The fourth-order valence-corrected chi connectivity index (χ4v) is 2.59. The van der Waals surface area contributed by atoms with Crippen molar-refractivity contribution >= 4 is 0 Å². The molecule has 0 bridgehead atoms. The predicted octanol–water partition coefficient (Wildman–Crippen LogP) is 3.02. The van der Waals surface area contributed by atoms with Gasteiger partial charge in [0.15, 0.2) is 0 Å². The molecule has 21 heavy (non-hydrogen) atoms. The molecule has 0 saturated carbocycles. The van der Waals surface area contributed by atoms with Crippen LogP contribution in [0.1, 0.15) is 36.2 Å². The molecule has 0 saturated heterocycles. The Hall–Kier alpha value is -1.81. The monoisotopic (exact) mass is 287 g/mol. The van der Waals surface area contributed by atoms with Crippen LogP contribution < -0.4 is 10.1 Å². The predicted molar refractivity (Wildman–Crippen MR) is 85.7 cm³/mol. The molecule has 0 fully saturated rings. The van der Waals surface area contributed by atoms with Crippen molar-refractivity contribution < 1.29 is 4.74 Å². The van der Waals surface area contributed by atoms with E-state index in [1.807, 2.05) is 25.6 Å². The minimum Gasteiger partial charge on any atom is -0.496 e. The van der Waals surface area contributed by atoms with Crippen LogP contribution in [0.2, 0.25) is 0 Å². The summed E-state index contributed by atoms with van der Waals surface area (Å²) in [6.45, 7) is 5.28. The van der Waals surface area contributed by atoms with Crippen molar-refractivity contribution in [2.24, 2.45) is 7.05 Å². The lowest BCUT2D eigenvalue weighted by Gasteiger charge is -2.20. The van der Waals surface area contributed by atoms with Gasteiger partial charge in [-0.15, -0.1) is 0 Å². The molecule has 0 amide bonds. The largest absolute Gasteiger partial charge is 0.496 e. The summed E-state index contributed by atoms with van der Waals surface area (Å²) in [4.78, 5) is 4.24. The van der Waals surface area contributed by atoms with Crippen LogP contribution in [-0.2, 0) is 13.5 Å². The van der Waals surface area contributed by atoms with Gasteiger partial charge in [-0.05, 0) is 37.9 Å². The molecule has 2 aromatic rings. The third kappa shape index (κ3) is 3.85. The number of imidazole rings is 1. The van der Waals surface area contributed by atoms with Crippen LogP contribution >= 0.6 is 0 Å². The summed E-state index contributed by atoms with van der Waals surface area (Å²) in [5, 5.41) is 3.62. The lowest BCUT2D eigenvalue weighted by Crippen LogP contribution is -2.26. The van der Waals surface area contributed by atoms with Gasteiger partial charge < -0.3 is 14.6 Å². The summed E-state index contributed by atoms with van der Waals surface area (Å²) in [5.41, 5.74) is 3.68. The quantitative estimate of drug-likeness (QED) is 0.851. The van der Waals surface area contributed by atoms with Gasteiger partial charge in [-0.2, -0.15) is 0 Å². The second-order valence-electron chi connectivity index (χ2n) is 5.46. The number of ether oxygens (including phenoxy) is 1. The van der Waals surface area contributed by atoms with E-state index >= 15 is 0 Å².